The molecule has 0 aromatic carbocycles. The molecule has 1 aromatic rings. The van der Waals surface area contributed by atoms with Crippen LogP contribution in [0.3, 0.4) is 0 Å². The van der Waals surface area contributed by atoms with Gasteiger partial charge in [0, 0.05) is 23.7 Å². The van der Waals surface area contributed by atoms with Crippen molar-refractivity contribution in [2.24, 2.45) is 0 Å². The van der Waals surface area contributed by atoms with Crippen molar-refractivity contribution in [3.63, 3.8) is 0 Å². The molecule has 0 saturated carbocycles. The molecule has 0 amide bonds. The fourth-order valence-corrected chi connectivity index (χ4v) is 2.36. The molecule has 1 heterocycles. The predicted octanol–water partition coefficient (Wildman–Crippen LogP) is 2.48. The summed E-state index contributed by atoms with van der Waals surface area (Å²) in [5.74, 6) is 0. The highest BCUT2D eigenvalue weighted by molar-refractivity contribution is 7.11. The third kappa shape index (κ3) is 4.60. The Hall–Kier alpha value is -0.450. The van der Waals surface area contributed by atoms with Gasteiger partial charge in [0.1, 0.15) is 5.01 Å². The number of rotatable bonds is 7. The lowest BCUT2D eigenvalue weighted by molar-refractivity contribution is 0.295. The Bertz CT molecular complexity index is 292. The maximum absolute atomic E-state index is 4.47. The lowest BCUT2D eigenvalue weighted by Crippen LogP contribution is -2.22. The summed E-state index contributed by atoms with van der Waals surface area (Å²) in [6.45, 7) is 12.8. The molecule has 0 aliphatic rings. The highest BCUT2D eigenvalue weighted by Gasteiger charge is 2.06. The first-order valence-electron chi connectivity index (χ1n) is 6.05. The molecular weight excluding hydrogens is 218 g/mol. The Morgan fingerprint density at radius 1 is 1.38 bits per heavy atom. The number of hydrogen-bond acceptors (Lipinski definition) is 4. The van der Waals surface area contributed by atoms with E-state index in [1.807, 2.05) is 17.5 Å². The molecule has 0 saturated heterocycles. The van der Waals surface area contributed by atoms with E-state index < -0.39 is 0 Å². The fraction of sp³-hybridized carbons (Fsp3) is 0.750. The SMILES string of the molecule is CCN(CC)Cc1ncc(CNC(C)C)s1. The summed E-state index contributed by atoms with van der Waals surface area (Å²) in [7, 11) is 0. The van der Waals surface area contributed by atoms with Crippen LogP contribution in [0.1, 0.15) is 37.6 Å². The fourth-order valence-electron chi connectivity index (χ4n) is 1.45. The van der Waals surface area contributed by atoms with Crippen molar-refractivity contribution in [2.75, 3.05) is 13.1 Å². The van der Waals surface area contributed by atoms with E-state index in [-0.39, 0.29) is 0 Å². The van der Waals surface area contributed by atoms with Gasteiger partial charge in [0.2, 0.25) is 0 Å². The highest BCUT2D eigenvalue weighted by Crippen LogP contribution is 2.14. The quantitative estimate of drug-likeness (QED) is 0.795. The van der Waals surface area contributed by atoms with Gasteiger partial charge in [-0.05, 0) is 13.1 Å². The van der Waals surface area contributed by atoms with Crippen molar-refractivity contribution >= 4 is 11.3 Å². The zero-order chi connectivity index (χ0) is 12.0. The summed E-state index contributed by atoms with van der Waals surface area (Å²) in [5, 5.41) is 4.64. The van der Waals surface area contributed by atoms with Crippen LogP contribution in [0.25, 0.3) is 0 Å². The largest absolute Gasteiger partial charge is 0.310 e. The van der Waals surface area contributed by atoms with Crippen molar-refractivity contribution in [2.45, 2.75) is 46.8 Å². The maximum atomic E-state index is 4.47. The minimum Gasteiger partial charge on any atom is -0.310 e. The van der Waals surface area contributed by atoms with Gasteiger partial charge in [-0.15, -0.1) is 11.3 Å². The first-order chi connectivity index (χ1) is 7.65. The molecular formula is C12H23N3S. The van der Waals surface area contributed by atoms with Crippen LogP contribution < -0.4 is 5.32 Å². The van der Waals surface area contributed by atoms with Gasteiger partial charge in [0.15, 0.2) is 0 Å². The van der Waals surface area contributed by atoms with E-state index in [0.29, 0.717) is 6.04 Å². The van der Waals surface area contributed by atoms with E-state index in [1.54, 1.807) is 0 Å². The van der Waals surface area contributed by atoms with Gasteiger partial charge >= 0.3 is 0 Å². The van der Waals surface area contributed by atoms with Crippen molar-refractivity contribution < 1.29 is 0 Å². The van der Waals surface area contributed by atoms with Gasteiger partial charge in [0.25, 0.3) is 0 Å². The molecule has 1 N–H and O–H groups in total. The molecule has 0 fully saturated rings. The Kier molecular flexibility index (Phi) is 5.95. The van der Waals surface area contributed by atoms with E-state index in [9.17, 15) is 0 Å². The topological polar surface area (TPSA) is 28.2 Å². The molecule has 4 heteroatoms. The van der Waals surface area contributed by atoms with Gasteiger partial charge in [-0.1, -0.05) is 27.7 Å². The standard InChI is InChI=1S/C12H23N3S/c1-5-15(6-2)9-12-14-8-11(16-12)7-13-10(3)4/h8,10,13H,5-7,9H2,1-4H3. The average molecular weight is 241 g/mol. The van der Waals surface area contributed by atoms with Gasteiger partial charge in [-0.3, -0.25) is 4.90 Å². The maximum Gasteiger partial charge on any atom is 0.107 e. The second-order valence-electron chi connectivity index (χ2n) is 4.22. The van der Waals surface area contributed by atoms with Crippen LogP contribution in [0, 0.1) is 0 Å². The second kappa shape index (κ2) is 6.99. The zero-order valence-corrected chi connectivity index (χ0v) is 11.6. The molecule has 0 spiro atoms. The van der Waals surface area contributed by atoms with Crippen molar-refractivity contribution in [1.82, 2.24) is 15.2 Å². The number of hydrogen-bond donors (Lipinski definition) is 1. The summed E-state index contributed by atoms with van der Waals surface area (Å²) in [6, 6.07) is 0.535. The second-order valence-corrected chi connectivity index (χ2v) is 5.42. The van der Waals surface area contributed by atoms with E-state index in [4.69, 9.17) is 0 Å². The van der Waals surface area contributed by atoms with Crippen molar-refractivity contribution in [1.29, 1.82) is 0 Å². The Morgan fingerprint density at radius 3 is 2.62 bits per heavy atom. The van der Waals surface area contributed by atoms with Crippen molar-refractivity contribution in [3.8, 4) is 0 Å². The minimum atomic E-state index is 0.535. The van der Waals surface area contributed by atoms with Crippen LogP contribution in [0.15, 0.2) is 6.20 Å². The Balaban J connectivity index is 2.44. The van der Waals surface area contributed by atoms with Gasteiger partial charge in [0.05, 0.1) is 6.54 Å². The Morgan fingerprint density at radius 2 is 2.06 bits per heavy atom. The first-order valence-corrected chi connectivity index (χ1v) is 6.86. The van der Waals surface area contributed by atoms with Gasteiger partial charge in [-0.2, -0.15) is 0 Å². The lowest BCUT2D eigenvalue weighted by Gasteiger charge is -2.15. The van der Waals surface area contributed by atoms with E-state index in [1.165, 1.54) is 9.88 Å². The number of aromatic nitrogens is 1. The predicted molar refractivity (Wildman–Crippen MR) is 70.7 cm³/mol. The molecule has 16 heavy (non-hydrogen) atoms. The molecule has 92 valence electrons. The summed E-state index contributed by atoms with van der Waals surface area (Å²) >= 11 is 1.82. The molecule has 0 radical (unpaired) electrons. The monoisotopic (exact) mass is 241 g/mol. The third-order valence-electron chi connectivity index (χ3n) is 2.54. The lowest BCUT2D eigenvalue weighted by atomic mass is 10.4. The normalized spacial score (nSPS) is 11.6. The van der Waals surface area contributed by atoms with Crippen LogP contribution >= 0.6 is 11.3 Å². The summed E-state index contributed by atoms with van der Waals surface area (Å²) in [6.07, 6.45) is 2.00. The zero-order valence-electron chi connectivity index (χ0n) is 10.8. The van der Waals surface area contributed by atoms with E-state index in [0.717, 1.165) is 26.2 Å². The molecule has 3 nitrogen and oxygen atoms in total. The molecule has 0 aliphatic carbocycles. The third-order valence-corrected chi connectivity index (χ3v) is 3.52. The van der Waals surface area contributed by atoms with Gasteiger partial charge in [-0.25, -0.2) is 4.98 Å². The van der Waals surface area contributed by atoms with Crippen LogP contribution in [0.4, 0.5) is 0 Å². The number of nitrogens with zero attached hydrogens (tertiary/aromatic N) is 2. The number of nitrogens with one attached hydrogen (secondary N) is 1. The summed E-state index contributed by atoms with van der Waals surface area (Å²) < 4.78 is 0. The van der Waals surface area contributed by atoms with Gasteiger partial charge < -0.3 is 5.32 Å². The summed E-state index contributed by atoms with van der Waals surface area (Å²) in [5.41, 5.74) is 0. The molecule has 0 aliphatic heterocycles. The van der Waals surface area contributed by atoms with E-state index in [2.05, 4.69) is 42.9 Å². The Labute approximate surface area is 103 Å². The first kappa shape index (κ1) is 13.6. The minimum absolute atomic E-state index is 0.535. The van der Waals surface area contributed by atoms with Crippen LogP contribution in [0.5, 0.6) is 0 Å². The molecule has 0 atom stereocenters. The van der Waals surface area contributed by atoms with Crippen LogP contribution in [-0.4, -0.2) is 29.0 Å². The summed E-state index contributed by atoms with van der Waals surface area (Å²) in [4.78, 5) is 8.18. The average Bonchev–Trinajstić information content (AvgIpc) is 2.70. The van der Waals surface area contributed by atoms with Crippen LogP contribution in [-0.2, 0) is 13.1 Å². The molecule has 1 aromatic heterocycles. The molecule has 0 bridgehead atoms. The number of thiazole rings is 1. The molecule has 1 rings (SSSR count). The van der Waals surface area contributed by atoms with Crippen LogP contribution in [0.2, 0.25) is 0 Å². The molecule has 0 unspecified atom stereocenters. The smallest absolute Gasteiger partial charge is 0.107 e. The van der Waals surface area contributed by atoms with Crippen molar-refractivity contribution in [3.05, 3.63) is 16.1 Å². The van der Waals surface area contributed by atoms with E-state index >= 15 is 0 Å². The highest BCUT2D eigenvalue weighted by atomic mass is 32.1.